The van der Waals surface area contributed by atoms with Crippen LogP contribution < -0.4 is 4.74 Å². The fourth-order valence-corrected chi connectivity index (χ4v) is 6.97. The van der Waals surface area contributed by atoms with Gasteiger partial charge in [0.05, 0.1) is 17.2 Å². The van der Waals surface area contributed by atoms with E-state index in [9.17, 15) is 0 Å². The van der Waals surface area contributed by atoms with Gasteiger partial charge < -0.3 is 9.47 Å². The number of pyridine rings is 1. The summed E-state index contributed by atoms with van der Waals surface area (Å²) >= 11 is 0. The Kier molecular flexibility index (Phi) is 6.93. The van der Waals surface area contributed by atoms with Crippen LogP contribution in [0.2, 0.25) is 0 Å². The molecule has 5 nitrogen and oxygen atoms in total. The molecule has 2 atom stereocenters. The normalized spacial score (nSPS) is 18.0. The molecule has 46 heavy (non-hydrogen) atoms. The Balaban J connectivity index is 1.26. The molecule has 0 unspecified atom stereocenters. The number of benzene rings is 4. The second-order valence-corrected chi connectivity index (χ2v) is 13.9. The molecular formula is C41H39N3O2. The van der Waals surface area contributed by atoms with Crippen LogP contribution in [-0.4, -0.2) is 27.6 Å². The minimum atomic E-state index is -0.101. The molecular weight excluding hydrogens is 566 g/mol. The van der Waals surface area contributed by atoms with Crippen molar-refractivity contribution in [2.75, 3.05) is 0 Å². The molecule has 6 aromatic rings. The molecule has 1 saturated carbocycles. The van der Waals surface area contributed by atoms with E-state index < -0.39 is 0 Å². The Hall–Kier alpha value is -4.90. The number of nitrogens with zero attached hydrogens (tertiary/aromatic N) is 3. The first-order chi connectivity index (χ1) is 22.3. The second kappa shape index (κ2) is 11.2. The topological polar surface area (TPSA) is 48.6 Å². The average Bonchev–Trinajstić information content (AvgIpc) is 3.64. The standard InChI is InChI=1S/C41H39N3O2/c1-26-16-17-37-35(19-26)34-13-10-18-42-39(34)44(37)31-23-30(41(2,3)4)24-33(25-31)45-32-21-28(27-11-6-5-7-12-27)20-29(22-32)40-43-36-14-8-9-15-38(36)46-40/h5-7,10-13,16-25,36,38H,8-9,14-15H2,1-4H3/t36-,38+/m1/s1. The summed E-state index contributed by atoms with van der Waals surface area (Å²) in [6, 6.07) is 34.5. The molecule has 4 aromatic carbocycles. The van der Waals surface area contributed by atoms with Crippen LogP contribution in [0.15, 0.2) is 108 Å². The van der Waals surface area contributed by atoms with Gasteiger partial charge in [-0.25, -0.2) is 9.98 Å². The van der Waals surface area contributed by atoms with Crippen LogP contribution in [0.5, 0.6) is 11.5 Å². The van der Waals surface area contributed by atoms with Crippen molar-refractivity contribution >= 4 is 27.8 Å². The van der Waals surface area contributed by atoms with E-state index in [0.29, 0.717) is 0 Å². The second-order valence-electron chi connectivity index (χ2n) is 13.9. The summed E-state index contributed by atoms with van der Waals surface area (Å²) in [5.74, 6) is 2.26. The monoisotopic (exact) mass is 605 g/mol. The van der Waals surface area contributed by atoms with E-state index in [4.69, 9.17) is 19.5 Å². The van der Waals surface area contributed by atoms with Crippen LogP contribution in [0.4, 0.5) is 0 Å². The lowest BCUT2D eigenvalue weighted by Crippen LogP contribution is -2.26. The molecule has 5 heteroatoms. The largest absolute Gasteiger partial charge is 0.472 e. The summed E-state index contributed by atoms with van der Waals surface area (Å²) in [7, 11) is 0. The van der Waals surface area contributed by atoms with E-state index in [1.54, 1.807) is 0 Å². The number of aliphatic imine (C=N–C) groups is 1. The van der Waals surface area contributed by atoms with Gasteiger partial charge in [-0.05, 0) is 103 Å². The van der Waals surface area contributed by atoms with Gasteiger partial charge in [0.15, 0.2) is 0 Å². The summed E-state index contributed by atoms with van der Waals surface area (Å²) < 4.78 is 15.6. The van der Waals surface area contributed by atoms with Gasteiger partial charge in [0.2, 0.25) is 5.90 Å². The van der Waals surface area contributed by atoms with Gasteiger partial charge in [0, 0.05) is 28.6 Å². The molecule has 0 spiro atoms. The molecule has 3 heterocycles. The lowest BCUT2D eigenvalue weighted by Gasteiger charge is -2.22. The summed E-state index contributed by atoms with van der Waals surface area (Å²) in [5.41, 5.74) is 8.56. The van der Waals surface area contributed by atoms with E-state index in [-0.39, 0.29) is 17.6 Å². The lowest BCUT2D eigenvalue weighted by atomic mass is 9.86. The van der Waals surface area contributed by atoms with Crippen LogP contribution in [0.1, 0.15) is 63.1 Å². The SMILES string of the molecule is Cc1ccc2c(c1)c1cccnc1n2-c1cc(Oc2cc(C3=N[C@@H]4CCCC[C@@H]4O3)cc(-c3ccccc3)c2)cc(C(C)(C)C)c1. The van der Waals surface area contributed by atoms with Crippen LogP contribution in [0.3, 0.4) is 0 Å². The van der Waals surface area contributed by atoms with Gasteiger partial charge in [0.25, 0.3) is 0 Å². The summed E-state index contributed by atoms with van der Waals surface area (Å²) in [6.07, 6.45) is 6.64. The van der Waals surface area contributed by atoms with E-state index in [1.165, 1.54) is 29.4 Å². The van der Waals surface area contributed by atoms with E-state index in [0.717, 1.165) is 69.2 Å². The third kappa shape index (κ3) is 5.24. The number of ether oxygens (including phenoxy) is 2. The molecule has 2 aliphatic rings. The summed E-state index contributed by atoms with van der Waals surface area (Å²) in [6.45, 7) is 8.87. The van der Waals surface area contributed by atoms with E-state index in [2.05, 4.69) is 117 Å². The van der Waals surface area contributed by atoms with Crippen molar-refractivity contribution in [1.29, 1.82) is 0 Å². The average molecular weight is 606 g/mol. The lowest BCUT2D eigenvalue weighted by molar-refractivity contribution is 0.153. The molecule has 2 aromatic heterocycles. The minimum absolute atomic E-state index is 0.101. The van der Waals surface area contributed by atoms with Crippen molar-refractivity contribution in [2.24, 2.45) is 4.99 Å². The van der Waals surface area contributed by atoms with Crippen LogP contribution in [-0.2, 0) is 10.2 Å². The first-order valence-electron chi connectivity index (χ1n) is 16.5. The molecule has 0 radical (unpaired) electrons. The summed E-state index contributed by atoms with van der Waals surface area (Å²) in [5, 5.41) is 2.34. The van der Waals surface area contributed by atoms with Gasteiger partial charge in [-0.2, -0.15) is 0 Å². The van der Waals surface area contributed by atoms with Crippen molar-refractivity contribution < 1.29 is 9.47 Å². The molecule has 1 aliphatic carbocycles. The van der Waals surface area contributed by atoms with Crippen molar-refractivity contribution in [3.05, 3.63) is 120 Å². The zero-order valence-corrected chi connectivity index (χ0v) is 27.0. The predicted octanol–water partition coefficient (Wildman–Crippen LogP) is 10.3. The first kappa shape index (κ1) is 28.6. The van der Waals surface area contributed by atoms with Crippen molar-refractivity contribution in [3.8, 4) is 28.3 Å². The van der Waals surface area contributed by atoms with Crippen LogP contribution in [0.25, 0.3) is 38.8 Å². The Morgan fingerprint density at radius 2 is 1.57 bits per heavy atom. The Labute approximate surface area is 270 Å². The quantitative estimate of drug-likeness (QED) is 0.196. The number of aryl methyl sites for hydroxylation is 1. The van der Waals surface area contributed by atoms with Crippen molar-refractivity contribution in [3.63, 3.8) is 0 Å². The molecule has 1 aliphatic heterocycles. The first-order valence-corrected chi connectivity index (χ1v) is 16.5. The Bertz CT molecular complexity index is 2120. The number of aromatic nitrogens is 2. The van der Waals surface area contributed by atoms with Crippen molar-refractivity contribution in [2.45, 2.75) is 70.9 Å². The molecule has 0 saturated heterocycles. The highest BCUT2D eigenvalue weighted by Gasteiger charge is 2.33. The number of hydrogen-bond donors (Lipinski definition) is 0. The maximum Gasteiger partial charge on any atom is 0.216 e. The number of fused-ring (bicyclic) bond motifs is 4. The van der Waals surface area contributed by atoms with Crippen LogP contribution >= 0.6 is 0 Å². The zero-order chi connectivity index (χ0) is 31.4. The Morgan fingerprint density at radius 3 is 2.39 bits per heavy atom. The molecule has 0 bridgehead atoms. The third-order valence-electron chi connectivity index (χ3n) is 9.41. The minimum Gasteiger partial charge on any atom is -0.472 e. The molecule has 230 valence electrons. The summed E-state index contributed by atoms with van der Waals surface area (Å²) in [4.78, 5) is 9.91. The molecule has 8 rings (SSSR count). The smallest absolute Gasteiger partial charge is 0.216 e. The van der Waals surface area contributed by atoms with Gasteiger partial charge in [-0.1, -0.05) is 69.2 Å². The van der Waals surface area contributed by atoms with Gasteiger partial charge >= 0.3 is 0 Å². The fourth-order valence-electron chi connectivity index (χ4n) is 6.97. The van der Waals surface area contributed by atoms with Gasteiger partial charge in [-0.3, -0.25) is 4.57 Å². The fraction of sp³-hybridized carbons (Fsp3) is 0.268. The van der Waals surface area contributed by atoms with E-state index in [1.807, 2.05) is 18.3 Å². The molecule has 1 fully saturated rings. The molecule has 0 N–H and O–H groups in total. The third-order valence-corrected chi connectivity index (χ3v) is 9.41. The highest BCUT2D eigenvalue weighted by molar-refractivity contribution is 6.08. The molecule has 0 amide bonds. The van der Waals surface area contributed by atoms with E-state index >= 15 is 0 Å². The highest BCUT2D eigenvalue weighted by Crippen LogP contribution is 2.38. The Morgan fingerprint density at radius 1 is 0.761 bits per heavy atom. The number of rotatable bonds is 5. The van der Waals surface area contributed by atoms with Gasteiger partial charge in [-0.15, -0.1) is 0 Å². The maximum absolute atomic E-state index is 6.83. The maximum atomic E-state index is 6.83. The predicted molar refractivity (Wildman–Crippen MR) is 188 cm³/mol. The highest BCUT2D eigenvalue weighted by atomic mass is 16.5. The van der Waals surface area contributed by atoms with Crippen LogP contribution in [0, 0.1) is 6.92 Å². The van der Waals surface area contributed by atoms with Gasteiger partial charge in [0.1, 0.15) is 23.3 Å². The van der Waals surface area contributed by atoms with Crippen molar-refractivity contribution in [1.82, 2.24) is 9.55 Å². The zero-order valence-electron chi connectivity index (χ0n) is 27.0. The number of hydrogen-bond acceptors (Lipinski definition) is 4.